The van der Waals surface area contributed by atoms with E-state index in [0.29, 0.717) is 22.4 Å². The summed E-state index contributed by atoms with van der Waals surface area (Å²) >= 11 is 5.71. The third-order valence-corrected chi connectivity index (χ3v) is 2.01. The highest BCUT2D eigenvalue weighted by molar-refractivity contribution is 6.30. The molecular weight excluding hydrogens is 216 g/mol. The molecule has 2 rings (SSSR count). The fourth-order valence-corrected chi connectivity index (χ4v) is 1.14. The Balaban J connectivity index is 2.33. The van der Waals surface area contributed by atoms with E-state index in [-0.39, 0.29) is 6.04 Å². The zero-order valence-electron chi connectivity index (χ0n) is 8.01. The second-order valence-electron chi connectivity index (χ2n) is 3.11. The zero-order chi connectivity index (χ0) is 10.8. The Morgan fingerprint density at radius 3 is 2.80 bits per heavy atom. The lowest BCUT2D eigenvalue weighted by atomic mass is 10.3. The van der Waals surface area contributed by atoms with Crippen LogP contribution >= 0.6 is 11.6 Å². The third-order valence-electron chi connectivity index (χ3n) is 1.79. The van der Waals surface area contributed by atoms with Gasteiger partial charge in [-0.2, -0.15) is 4.98 Å². The van der Waals surface area contributed by atoms with Crippen LogP contribution in [0.3, 0.4) is 0 Å². The van der Waals surface area contributed by atoms with Gasteiger partial charge in [0.15, 0.2) is 0 Å². The van der Waals surface area contributed by atoms with Crippen molar-refractivity contribution in [2.75, 3.05) is 0 Å². The summed E-state index contributed by atoms with van der Waals surface area (Å²) < 4.78 is 4.95. The number of pyridine rings is 1. The van der Waals surface area contributed by atoms with Crippen molar-refractivity contribution in [3.63, 3.8) is 0 Å². The summed E-state index contributed by atoms with van der Waals surface area (Å²) in [6.07, 6.45) is 1.53. The van der Waals surface area contributed by atoms with E-state index < -0.39 is 0 Å². The molecule has 0 radical (unpaired) electrons. The summed E-state index contributed by atoms with van der Waals surface area (Å²) in [5.74, 6) is 0.806. The van der Waals surface area contributed by atoms with Crippen molar-refractivity contribution in [2.24, 2.45) is 5.73 Å². The molecule has 0 bridgehead atoms. The lowest BCUT2D eigenvalue weighted by molar-refractivity contribution is 0.362. The molecule has 0 saturated carbocycles. The molecular formula is C9H9ClN4O. The van der Waals surface area contributed by atoms with Gasteiger partial charge in [0.1, 0.15) is 5.69 Å². The van der Waals surface area contributed by atoms with Crippen LogP contribution in [0.25, 0.3) is 11.5 Å². The summed E-state index contributed by atoms with van der Waals surface area (Å²) in [5, 5.41) is 4.33. The minimum atomic E-state index is -0.279. The van der Waals surface area contributed by atoms with Gasteiger partial charge in [0.2, 0.25) is 11.7 Å². The Labute approximate surface area is 91.3 Å². The Morgan fingerprint density at radius 1 is 1.47 bits per heavy atom. The van der Waals surface area contributed by atoms with Gasteiger partial charge in [-0.3, -0.25) is 4.98 Å². The van der Waals surface area contributed by atoms with Gasteiger partial charge >= 0.3 is 0 Å². The molecule has 2 heterocycles. The van der Waals surface area contributed by atoms with Gasteiger partial charge in [0, 0.05) is 6.20 Å². The molecule has 15 heavy (non-hydrogen) atoms. The van der Waals surface area contributed by atoms with Crippen molar-refractivity contribution in [2.45, 2.75) is 13.0 Å². The normalized spacial score (nSPS) is 12.7. The molecule has 0 amide bonds. The molecule has 2 aromatic rings. The molecule has 0 unspecified atom stereocenters. The van der Waals surface area contributed by atoms with Crippen molar-refractivity contribution in [1.82, 2.24) is 15.1 Å². The van der Waals surface area contributed by atoms with Crippen LogP contribution in [0, 0.1) is 0 Å². The summed E-state index contributed by atoms with van der Waals surface area (Å²) in [4.78, 5) is 8.16. The molecule has 0 aliphatic rings. The first kappa shape index (κ1) is 10.1. The summed E-state index contributed by atoms with van der Waals surface area (Å²) in [5.41, 5.74) is 6.20. The van der Waals surface area contributed by atoms with Gasteiger partial charge < -0.3 is 10.3 Å². The molecule has 0 aliphatic carbocycles. The Kier molecular flexibility index (Phi) is 2.66. The monoisotopic (exact) mass is 224 g/mol. The van der Waals surface area contributed by atoms with E-state index in [1.807, 2.05) is 0 Å². The Hall–Kier alpha value is -1.46. The average molecular weight is 225 g/mol. The first-order valence-corrected chi connectivity index (χ1v) is 4.75. The van der Waals surface area contributed by atoms with Crippen molar-refractivity contribution in [3.8, 4) is 11.5 Å². The van der Waals surface area contributed by atoms with Gasteiger partial charge in [-0.1, -0.05) is 16.8 Å². The van der Waals surface area contributed by atoms with E-state index in [1.54, 1.807) is 19.1 Å². The standard InChI is InChI=1S/C9H9ClN4O/c1-5(11)9-13-8(14-15-9)7-3-2-6(10)4-12-7/h2-5H,11H2,1H3/t5-/m1/s1. The van der Waals surface area contributed by atoms with Crippen LogP contribution in [-0.2, 0) is 0 Å². The first-order chi connectivity index (χ1) is 7.16. The molecule has 0 spiro atoms. The largest absolute Gasteiger partial charge is 0.337 e. The van der Waals surface area contributed by atoms with E-state index in [0.717, 1.165) is 0 Å². The van der Waals surface area contributed by atoms with Gasteiger partial charge in [0.25, 0.3) is 0 Å². The molecule has 2 N–H and O–H groups in total. The van der Waals surface area contributed by atoms with Crippen LogP contribution in [0.2, 0.25) is 5.02 Å². The second-order valence-corrected chi connectivity index (χ2v) is 3.54. The van der Waals surface area contributed by atoms with Crippen molar-refractivity contribution < 1.29 is 4.52 Å². The summed E-state index contributed by atoms with van der Waals surface area (Å²) in [7, 11) is 0. The minimum absolute atomic E-state index is 0.279. The van der Waals surface area contributed by atoms with Crippen molar-refractivity contribution >= 4 is 11.6 Å². The molecule has 0 saturated heterocycles. The van der Waals surface area contributed by atoms with E-state index in [1.165, 1.54) is 6.20 Å². The molecule has 2 aromatic heterocycles. The quantitative estimate of drug-likeness (QED) is 0.842. The molecule has 1 atom stereocenters. The average Bonchev–Trinajstić information content (AvgIpc) is 2.68. The van der Waals surface area contributed by atoms with Gasteiger partial charge in [-0.05, 0) is 19.1 Å². The molecule has 0 fully saturated rings. The van der Waals surface area contributed by atoms with Crippen LogP contribution in [0.4, 0.5) is 0 Å². The van der Waals surface area contributed by atoms with E-state index in [2.05, 4.69) is 15.1 Å². The van der Waals surface area contributed by atoms with Gasteiger partial charge in [-0.15, -0.1) is 0 Å². The molecule has 78 valence electrons. The molecule has 0 aliphatic heterocycles. The number of halogens is 1. The second kappa shape index (κ2) is 3.96. The number of hydrogen-bond donors (Lipinski definition) is 1. The summed E-state index contributed by atoms with van der Waals surface area (Å²) in [6.45, 7) is 1.77. The molecule has 5 nitrogen and oxygen atoms in total. The number of rotatable bonds is 2. The van der Waals surface area contributed by atoms with E-state index >= 15 is 0 Å². The van der Waals surface area contributed by atoms with E-state index in [4.69, 9.17) is 21.9 Å². The maximum atomic E-state index is 5.71. The van der Waals surface area contributed by atoms with Crippen LogP contribution < -0.4 is 5.73 Å². The van der Waals surface area contributed by atoms with Gasteiger partial charge in [-0.25, -0.2) is 0 Å². The SMILES string of the molecule is C[C@@H](N)c1nc(-c2ccc(Cl)cn2)no1. The number of nitrogens with zero attached hydrogens (tertiary/aromatic N) is 3. The highest BCUT2D eigenvalue weighted by Crippen LogP contribution is 2.17. The highest BCUT2D eigenvalue weighted by Gasteiger charge is 2.12. The predicted molar refractivity (Wildman–Crippen MR) is 55.1 cm³/mol. The van der Waals surface area contributed by atoms with Crippen LogP contribution in [0.5, 0.6) is 0 Å². The minimum Gasteiger partial charge on any atom is -0.337 e. The first-order valence-electron chi connectivity index (χ1n) is 4.38. The van der Waals surface area contributed by atoms with Crippen LogP contribution in [0.1, 0.15) is 18.9 Å². The Bertz CT molecular complexity index is 451. The van der Waals surface area contributed by atoms with Crippen LogP contribution in [0.15, 0.2) is 22.9 Å². The van der Waals surface area contributed by atoms with Crippen molar-refractivity contribution in [3.05, 3.63) is 29.2 Å². The van der Waals surface area contributed by atoms with Crippen LogP contribution in [-0.4, -0.2) is 15.1 Å². The number of aromatic nitrogens is 3. The van der Waals surface area contributed by atoms with Crippen molar-refractivity contribution in [1.29, 1.82) is 0 Å². The lowest BCUT2D eigenvalue weighted by Gasteiger charge is -1.94. The predicted octanol–water partition coefficient (Wildman–Crippen LogP) is 1.80. The fourth-order valence-electron chi connectivity index (χ4n) is 1.03. The smallest absolute Gasteiger partial charge is 0.243 e. The maximum absolute atomic E-state index is 5.71. The topological polar surface area (TPSA) is 77.8 Å². The fraction of sp³-hybridized carbons (Fsp3) is 0.222. The number of hydrogen-bond acceptors (Lipinski definition) is 5. The highest BCUT2D eigenvalue weighted by atomic mass is 35.5. The van der Waals surface area contributed by atoms with Gasteiger partial charge in [0.05, 0.1) is 11.1 Å². The molecule has 6 heteroatoms. The van der Waals surface area contributed by atoms with E-state index in [9.17, 15) is 0 Å². The molecule has 0 aromatic carbocycles. The maximum Gasteiger partial charge on any atom is 0.243 e. The Morgan fingerprint density at radius 2 is 2.27 bits per heavy atom. The third kappa shape index (κ3) is 2.14. The zero-order valence-corrected chi connectivity index (χ0v) is 8.77. The number of nitrogens with two attached hydrogens (primary N) is 1. The summed E-state index contributed by atoms with van der Waals surface area (Å²) in [6, 6.07) is 3.16. The lowest BCUT2D eigenvalue weighted by Crippen LogP contribution is -2.04.